The van der Waals surface area contributed by atoms with E-state index < -0.39 is 6.04 Å². The molecule has 150 valence electrons. The van der Waals surface area contributed by atoms with Gasteiger partial charge in [-0.1, -0.05) is 36.0 Å². The molecule has 0 fully saturated rings. The Kier molecular flexibility index (Phi) is 9.09. The fourth-order valence-corrected chi connectivity index (χ4v) is 3.90. The lowest BCUT2D eigenvalue weighted by Crippen LogP contribution is -2.41. The SMILES string of the molecule is CC(=O)CCCCC[C@H](NC(=O)c1cncs1)C(=O)Cc1cc(Cl)cc(Cl)c1. The van der Waals surface area contributed by atoms with Crippen LogP contribution in [0.3, 0.4) is 0 Å². The average Bonchev–Trinajstić information content (AvgIpc) is 3.13. The van der Waals surface area contributed by atoms with Crippen LogP contribution in [-0.2, 0) is 16.0 Å². The molecule has 1 heterocycles. The average molecular weight is 441 g/mol. The van der Waals surface area contributed by atoms with E-state index in [9.17, 15) is 14.4 Å². The van der Waals surface area contributed by atoms with Crippen LogP contribution in [0.1, 0.15) is 54.3 Å². The van der Waals surface area contributed by atoms with E-state index in [-0.39, 0.29) is 23.9 Å². The summed E-state index contributed by atoms with van der Waals surface area (Å²) in [6.07, 6.45) is 4.99. The van der Waals surface area contributed by atoms with Crippen LogP contribution < -0.4 is 5.32 Å². The van der Waals surface area contributed by atoms with Gasteiger partial charge in [0.05, 0.1) is 17.7 Å². The van der Waals surface area contributed by atoms with E-state index in [0.29, 0.717) is 33.3 Å². The molecule has 0 unspecified atom stereocenters. The lowest BCUT2D eigenvalue weighted by atomic mass is 9.98. The quantitative estimate of drug-likeness (QED) is 0.504. The predicted molar refractivity (Wildman–Crippen MR) is 112 cm³/mol. The first-order valence-electron chi connectivity index (χ1n) is 9.01. The monoisotopic (exact) mass is 440 g/mol. The van der Waals surface area contributed by atoms with Crippen molar-refractivity contribution in [2.75, 3.05) is 0 Å². The third-order valence-electron chi connectivity index (χ3n) is 4.17. The first kappa shape index (κ1) is 22.5. The van der Waals surface area contributed by atoms with E-state index in [1.54, 1.807) is 30.6 Å². The summed E-state index contributed by atoms with van der Waals surface area (Å²) in [6.45, 7) is 1.57. The van der Waals surface area contributed by atoms with Gasteiger partial charge >= 0.3 is 0 Å². The number of hydrogen-bond acceptors (Lipinski definition) is 5. The summed E-state index contributed by atoms with van der Waals surface area (Å²) in [4.78, 5) is 40.6. The molecule has 0 saturated carbocycles. The van der Waals surface area contributed by atoms with E-state index in [4.69, 9.17) is 23.2 Å². The topological polar surface area (TPSA) is 76.1 Å². The van der Waals surface area contributed by atoms with Crippen LogP contribution in [0.4, 0.5) is 0 Å². The number of halogens is 2. The normalized spacial score (nSPS) is 11.8. The molecule has 0 radical (unpaired) electrons. The molecule has 0 saturated heterocycles. The molecule has 0 bridgehead atoms. The maximum atomic E-state index is 12.8. The molecule has 2 rings (SSSR count). The molecule has 5 nitrogen and oxygen atoms in total. The van der Waals surface area contributed by atoms with E-state index in [1.807, 2.05) is 0 Å². The Morgan fingerprint density at radius 3 is 2.43 bits per heavy atom. The number of Topliss-reactive ketones (excluding diaryl/α,β-unsaturated/α-hetero) is 2. The fourth-order valence-electron chi connectivity index (χ4n) is 2.81. The second kappa shape index (κ2) is 11.3. The number of ketones is 2. The van der Waals surface area contributed by atoms with Crippen LogP contribution in [-0.4, -0.2) is 28.5 Å². The highest BCUT2D eigenvalue weighted by Gasteiger charge is 2.22. The van der Waals surface area contributed by atoms with Crippen molar-refractivity contribution in [2.45, 2.75) is 51.5 Å². The highest BCUT2D eigenvalue weighted by molar-refractivity contribution is 7.11. The molecule has 28 heavy (non-hydrogen) atoms. The summed E-state index contributed by atoms with van der Waals surface area (Å²) in [5.41, 5.74) is 2.28. The van der Waals surface area contributed by atoms with Crippen molar-refractivity contribution >= 4 is 52.0 Å². The first-order chi connectivity index (χ1) is 13.3. The molecule has 1 aromatic carbocycles. The van der Waals surface area contributed by atoms with Gasteiger partial charge in [0.25, 0.3) is 5.91 Å². The highest BCUT2D eigenvalue weighted by atomic mass is 35.5. The summed E-state index contributed by atoms with van der Waals surface area (Å²) in [5.74, 6) is -0.263. The van der Waals surface area contributed by atoms with Crippen molar-refractivity contribution in [1.82, 2.24) is 10.3 Å². The molecule has 0 spiro atoms. The zero-order valence-electron chi connectivity index (χ0n) is 15.5. The number of nitrogens with zero attached hydrogens (tertiary/aromatic N) is 1. The smallest absolute Gasteiger partial charge is 0.263 e. The number of nitrogens with one attached hydrogen (secondary N) is 1. The molecule has 1 N–H and O–H groups in total. The molecule has 0 aliphatic rings. The highest BCUT2D eigenvalue weighted by Crippen LogP contribution is 2.20. The summed E-state index contributed by atoms with van der Waals surface area (Å²) in [5, 5.41) is 3.74. The molecular weight excluding hydrogens is 419 g/mol. The Morgan fingerprint density at radius 1 is 1.11 bits per heavy atom. The van der Waals surface area contributed by atoms with Gasteiger partial charge in [0.2, 0.25) is 0 Å². The van der Waals surface area contributed by atoms with Gasteiger partial charge in [0.1, 0.15) is 10.7 Å². The third-order valence-corrected chi connectivity index (χ3v) is 5.38. The van der Waals surface area contributed by atoms with Crippen molar-refractivity contribution in [2.24, 2.45) is 0 Å². The van der Waals surface area contributed by atoms with Crippen molar-refractivity contribution in [3.8, 4) is 0 Å². The van der Waals surface area contributed by atoms with Gasteiger partial charge in [-0.25, -0.2) is 0 Å². The Labute approximate surface area is 178 Å². The summed E-state index contributed by atoms with van der Waals surface area (Å²) in [6, 6.07) is 4.38. The van der Waals surface area contributed by atoms with Crippen LogP contribution >= 0.6 is 34.5 Å². The van der Waals surface area contributed by atoms with Gasteiger partial charge in [-0.15, -0.1) is 11.3 Å². The molecule has 2 aromatic rings. The van der Waals surface area contributed by atoms with Crippen LogP contribution in [0.15, 0.2) is 29.9 Å². The summed E-state index contributed by atoms with van der Waals surface area (Å²) < 4.78 is 0. The van der Waals surface area contributed by atoms with Crippen molar-refractivity contribution in [1.29, 1.82) is 0 Å². The predicted octanol–water partition coefficient (Wildman–Crippen LogP) is 4.90. The maximum Gasteiger partial charge on any atom is 0.263 e. The zero-order chi connectivity index (χ0) is 20.5. The number of hydrogen-bond donors (Lipinski definition) is 1. The molecule has 1 amide bonds. The standard InChI is InChI=1S/C20H22Cl2N2O3S/c1-13(25)5-3-2-4-6-17(24-20(27)19-11-23-12-28-19)18(26)9-14-7-15(21)10-16(22)8-14/h7-8,10-12,17H,2-6,9H2,1H3,(H,24,27)/t17-/m0/s1. The van der Waals surface area contributed by atoms with E-state index >= 15 is 0 Å². The van der Waals surface area contributed by atoms with Gasteiger partial charge in [-0.2, -0.15) is 0 Å². The van der Waals surface area contributed by atoms with E-state index in [1.165, 1.54) is 17.5 Å². The van der Waals surface area contributed by atoms with Gasteiger partial charge < -0.3 is 10.1 Å². The number of aromatic nitrogens is 1. The maximum absolute atomic E-state index is 12.8. The molecule has 8 heteroatoms. The largest absolute Gasteiger partial charge is 0.341 e. The Balaban J connectivity index is 2.01. The van der Waals surface area contributed by atoms with E-state index in [0.717, 1.165) is 19.3 Å². The van der Waals surface area contributed by atoms with Crippen molar-refractivity contribution in [3.63, 3.8) is 0 Å². The third kappa shape index (κ3) is 7.70. The fraction of sp³-hybridized carbons (Fsp3) is 0.400. The number of amides is 1. The van der Waals surface area contributed by atoms with Crippen LogP contribution in [0.2, 0.25) is 10.0 Å². The zero-order valence-corrected chi connectivity index (χ0v) is 17.9. The molecular formula is C20H22Cl2N2O3S. The first-order valence-corrected chi connectivity index (χ1v) is 10.6. The van der Waals surface area contributed by atoms with E-state index in [2.05, 4.69) is 10.3 Å². The number of carbonyl (C=O) groups excluding carboxylic acids is 3. The van der Waals surface area contributed by atoms with Crippen LogP contribution in [0, 0.1) is 0 Å². The minimum absolute atomic E-state index is 0.109. The van der Waals surface area contributed by atoms with Gasteiger partial charge in [-0.05, 0) is 43.5 Å². The minimum atomic E-state index is -0.621. The second-order valence-corrected chi connectivity index (χ2v) is 8.37. The number of benzene rings is 1. The molecule has 0 aliphatic carbocycles. The van der Waals surface area contributed by atoms with Crippen molar-refractivity contribution in [3.05, 3.63) is 50.4 Å². The number of unbranched alkanes of at least 4 members (excludes halogenated alkanes) is 2. The molecule has 1 atom stereocenters. The van der Waals surface area contributed by atoms with Gasteiger partial charge in [-0.3, -0.25) is 14.6 Å². The van der Waals surface area contributed by atoms with Crippen LogP contribution in [0.25, 0.3) is 0 Å². The lowest BCUT2D eigenvalue weighted by molar-refractivity contribution is -0.120. The Bertz CT molecular complexity index is 805. The summed E-state index contributed by atoms with van der Waals surface area (Å²) >= 11 is 13.2. The number of rotatable bonds is 11. The lowest BCUT2D eigenvalue weighted by Gasteiger charge is -2.17. The molecule has 1 aromatic heterocycles. The number of carbonyl (C=O) groups is 3. The Hall–Kier alpha value is -1.76. The van der Waals surface area contributed by atoms with Crippen LogP contribution in [0.5, 0.6) is 0 Å². The van der Waals surface area contributed by atoms with Gasteiger partial charge in [0.15, 0.2) is 5.78 Å². The van der Waals surface area contributed by atoms with Gasteiger partial charge in [0, 0.05) is 22.9 Å². The Morgan fingerprint density at radius 2 is 1.82 bits per heavy atom. The second-order valence-electron chi connectivity index (χ2n) is 6.61. The summed E-state index contributed by atoms with van der Waals surface area (Å²) in [7, 11) is 0. The van der Waals surface area contributed by atoms with Crippen molar-refractivity contribution < 1.29 is 14.4 Å². The molecule has 0 aliphatic heterocycles. The minimum Gasteiger partial charge on any atom is -0.341 e. The number of thiazole rings is 1.